The normalized spacial score (nSPS) is 15.8. The van der Waals surface area contributed by atoms with Gasteiger partial charge in [0.15, 0.2) is 11.4 Å². The van der Waals surface area contributed by atoms with Gasteiger partial charge in [-0.05, 0) is 31.4 Å². The standard InChI is InChI=1S/C18H23N3O/c1-14-16(9-11-19)21-12-5-8-17(18(21)20-14)22-13-10-15-6-3-2-4-7-15/h5,8,12,15H,2-4,6-7,9-10,13H2,1H3. The van der Waals surface area contributed by atoms with Gasteiger partial charge in [0, 0.05) is 6.20 Å². The molecule has 0 unspecified atom stereocenters. The third kappa shape index (κ3) is 3.09. The third-order valence-electron chi connectivity index (χ3n) is 4.67. The number of nitriles is 1. The number of hydrogen-bond acceptors (Lipinski definition) is 3. The highest BCUT2D eigenvalue weighted by Crippen LogP contribution is 2.27. The van der Waals surface area contributed by atoms with Gasteiger partial charge in [-0.25, -0.2) is 4.98 Å². The summed E-state index contributed by atoms with van der Waals surface area (Å²) in [5.74, 6) is 1.65. The SMILES string of the molecule is Cc1nc2c(OCCC3CCCCC3)cccn2c1CC#N. The Hall–Kier alpha value is -2.02. The Kier molecular flexibility index (Phi) is 4.62. The maximum Gasteiger partial charge on any atom is 0.180 e. The van der Waals surface area contributed by atoms with Crippen molar-refractivity contribution in [2.24, 2.45) is 5.92 Å². The lowest BCUT2D eigenvalue weighted by atomic mass is 9.87. The van der Waals surface area contributed by atoms with Crippen LogP contribution in [-0.4, -0.2) is 16.0 Å². The molecule has 1 fully saturated rings. The first-order valence-electron chi connectivity index (χ1n) is 8.26. The van der Waals surface area contributed by atoms with Crippen LogP contribution in [0.25, 0.3) is 5.65 Å². The Morgan fingerprint density at radius 3 is 2.95 bits per heavy atom. The lowest BCUT2D eigenvalue weighted by Crippen LogP contribution is -2.11. The molecule has 116 valence electrons. The zero-order valence-corrected chi connectivity index (χ0v) is 13.2. The molecular weight excluding hydrogens is 274 g/mol. The van der Waals surface area contributed by atoms with E-state index in [1.54, 1.807) is 0 Å². The van der Waals surface area contributed by atoms with Crippen molar-refractivity contribution in [1.82, 2.24) is 9.38 Å². The first-order chi connectivity index (χ1) is 10.8. The highest BCUT2D eigenvalue weighted by molar-refractivity contribution is 5.56. The number of ether oxygens (including phenoxy) is 1. The van der Waals surface area contributed by atoms with E-state index in [-0.39, 0.29) is 0 Å². The minimum absolute atomic E-state index is 0.374. The summed E-state index contributed by atoms with van der Waals surface area (Å²) >= 11 is 0. The number of fused-ring (bicyclic) bond motifs is 1. The summed E-state index contributed by atoms with van der Waals surface area (Å²) in [6.07, 6.45) is 10.3. The second-order valence-electron chi connectivity index (χ2n) is 6.19. The first-order valence-corrected chi connectivity index (χ1v) is 8.26. The third-order valence-corrected chi connectivity index (χ3v) is 4.67. The molecule has 3 rings (SSSR count). The number of imidazole rings is 1. The van der Waals surface area contributed by atoms with Gasteiger partial charge in [-0.1, -0.05) is 32.1 Å². The van der Waals surface area contributed by atoms with Crippen LogP contribution >= 0.6 is 0 Å². The van der Waals surface area contributed by atoms with Gasteiger partial charge in [0.2, 0.25) is 0 Å². The van der Waals surface area contributed by atoms with Crippen molar-refractivity contribution in [2.75, 3.05) is 6.61 Å². The van der Waals surface area contributed by atoms with Crippen molar-refractivity contribution in [1.29, 1.82) is 5.26 Å². The summed E-state index contributed by atoms with van der Waals surface area (Å²) in [7, 11) is 0. The van der Waals surface area contributed by atoms with Crippen LogP contribution in [0.1, 0.15) is 49.9 Å². The predicted octanol–water partition coefficient (Wildman–Crippen LogP) is 4.06. The first kappa shape index (κ1) is 14.9. The van der Waals surface area contributed by atoms with Crippen LogP contribution in [0.3, 0.4) is 0 Å². The number of pyridine rings is 1. The summed E-state index contributed by atoms with van der Waals surface area (Å²) in [5, 5.41) is 8.95. The van der Waals surface area contributed by atoms with E-state index < -0.39 is 0 Å². The average molecular weight is 297 g/mol. The topological polar surface area (TPSA) is 50.3 Å². The fourth-order valence-corrected chi connectivity index (χ4v) is 3.42. The van der Waals surface area contributed by atoms with Crippen LogP contribution in [0.5, 0.6) is 5.75 Å². The molecule has 2 heterocycles. The van der Waals surface area contributed by atoms with Crippen molar-refractivity contribution in [3.8, 4) is 11.8 Å². The zero-order chi connectivity index (χ0) is 15.4. The Bertz CT molecular complexity index is 677. The van der Waals surface area contributed by atoms with E-state index in [9.17, 15) is 0 Å². The molecule has 1 aliphatic carbocycles. The summed E-state index contributed by atoms with van der Waals surface area (Å²) in [4.78, 5) is 4.58. The predicted molar refractivity (Wildman–Crippen MR) is 85.9 cm³/mol. The highest BCUT2D eigenvalue weighted by Gasteiger charge is 2.15. The Morgan fingerprint density at radius 2 is 2.18 bits per heavy atom. The number of rotatable bonds is 5. The minimum atomic E-state index is 0.374. The lowest BCUT2D eigenvalue weighted by Gasteiger charge is -2.21. The van der Waals surface area contributed by atoms with Crippen LogP contribution in [0.4, 0.5) is 0 Å². The second kappa shape index (κ2) is 6.83. The Labute approximate surface area is 131 Å². The van der Waals surface area contributed by atoms with E-state index in [4.69, 9.17) is 10.00 Å². The molecule has 0 N–H and O–H groups in total. The van der Waals surface area contributed by atoms with Gasteiger partial charge in [0.1, 0.15) is 0 Å². The van der Waals surface area contributed by atoms with Gasteiger partial charge >= 0.3 is 0 Å². The molecule has 0 atom stereocenters. The number of aromatic nitrogens is 2. The molecule has 4 nitrogen and oxygen atoms in total. The Morgan fingerprint density at radius 1 is 1.36 bits per heavy atom. The van der Waals surface area contributed by atoms with Gasteiger partial charge in [-0.3, -0.25) is 4.40 Å². The molecule has 22 heavy (non-hydrogen) atoms. The molecule has 4 heteroatoms. The van der Waals surface area contributed by atoms with Crippen molar-refractivity contribution in [3.63, 3.8) is 0 Å². The van der Waals surface area contributed by atoms with Crippen LogP contribution in [0.2, 0.25) is 0 Å². The summed E-state index contributed by atoms with van der Waals surface area (Å²) in [5.41, 5.74) is 2.69. The van der Waals surface area contributed by atoms with Crippen molar-refractivity contribution < 1.29 is 4.74 Å². The molecular formula is C18H23N3O. The van der Waals surface area contributed by atoms with E-state index in [1.807, 2.05) is 29.7 Å². The summed E-state index contributed by atoms with van der Waals surface area (Å²) in [6, 6.07) is 6.14. The van der Waals surface area contributed by atoms with Crippen LogP contribution < -0.4 is 4.74 Å². The van der Waals surface area contributed by atoms with Gasteiger partial charge in [-0.15, -0.1) is 0 Å². The molecule has 1 aliphatic rings. The van der Waals surface area contributed by atoms with E-state index in [0.717, 1.165) is 41.7 Å². The smallest absolute Gasteiger partial charge is 0.180 e. The van der Waals surface area contributed by atoms with Gasteiger partial charge in [0.05, 0.1) is 30.5 Å². The molecule has 2 aromatic rings. The zero-order valence-electron chi connectivity index (χ0n) is 13.2. The monoisotopic (exact) mass is 297 g/mol. The van der Waals surface area contributed by atoms with E-state index in [2.05, 4.69) is 11.1 Å². The van der Waals surface area contributed by atoms with Crippen LogP contribution in [0, 0.1) is 24.2 Å². The largest absolute Gasteiger partial charge is 0.490 e. The fraction of sp³-hybridized carbons (Fsp3) is 0.556. The quantitative estimate of drug-likeness (QED) is 0.836. The van der Waals surface area contributed by atoms with Crippen molar-refractivity contribution in [2.45, 2.75) is 51.9 Å². The lowest BCUT2D eigenvalue weighted by molar-refractivity contribution is 0.247. The molecule has 2 aromatic heterocycles. The number of nitrogens with zero attached hydrogens (tertiary/aromatic N) is 3. The van der Waals surface area contributed by atoms with Gasteiger partial charge < -0.3 is 4.74 Å². The minimum Gasteiger partial charge on any atom is -0.490 e. The maximum absolute atomic E-state index is 8.95. The molecule has 0 aliphatic heterocycles. The van der Waals surface area contributed by atoms with Crippen molar-refractivity contribution >= 4 is 5.65 Å². The number of hydrogen-bond donors (Lipinski definition) is 0. The van der Waals surface area contributed by atoms with Gasteiger partial charge in [0.25, 0.3) is 0 Å². The molecule has 1 saturated carbocycles. The molecule has 0 radical (unpaired) electrons. The highest BCUT2D eigenvalue weighted by atomic mass is 16.5. The van der Waals surface area contributed by atoms with Crippen LogP contribution in [0.15, 0.2) is 18.3 Å². The van der Waals surface area contributed by atoms with E-state index in [1.165, 1.54) is 32.1 Å². The van der Waals surface area contributed by atoms with E-state index in [0.29, 0.717) is 6.42 Å². The maximum atomic E-state index is 8.95. The molecule has 0 spiro atoms. The molecule has 0 bridgehead atoms. The second-order valence-corrected chi connectivity index (χ2v) is 6.19. The number of aryl methyl sites for hydroxylation is 1. The van der Waals surface area contributed by atoms with Crippen molar-refractivity contribution in [3.05, 3.63) is 29.7 Å². The summed E-state index contributed by atoms with van der Waals surface area (Å²) in [6.45, 7) is 2.70. The van der Waals surface area contributed by atoms with Crippen LogP contribution in [-0.2, 0) is 6.42 Å². The summed E-state index contributed by atoms with van der Waals surface area (Å²) < 4.78 is 7.98. The fourth-order valence-electron chi connectivity index (χ4n) is 3.42. The molecule has 0 aromatic carbocycles. The van der Waals surface area contributed by atoms with E-state index >= 15 is 0 Å². The molecule has 0 saturated heterocycles. The molecule has 0 amide bonds. The van der Waals surface area contributed by atoms with Gasteiger partial charge in [-0.2, -0.15) is 5.26 Å². The Balaban J connectivity index is 1.71. The average Bonchev–Trinajstić information content (AvgIpc) is 2.86.